The molecule has 3 heterocycles. The average Bonchev–Trinajstić information content (AvgIpc) is 3.40. The topological polar surface area (TPSA) is 138 Å². The summed E-state index contributed by atoms with van der Waals surface area (Å²) in [6.45, 7) is 12.5. The summed E-state index contributed by atoms with van der Waals surface area (Å²) in [7, 11) is -5.61. The van der Waals surface area contributed by atoms with Gasteiger partial charge in [0.1, 0.15) is 18.5 Å². The quantitative estimate of drug-likeness (QED) is 0.307. The highest BCUT2D eigenvalue weighted by Crippen LogP contribution is 2.45. The molecule has 0 bridgehead atoms. The molecule has 1 aliphatic rings. The second kappa shape index (κ2) is 10.7. The van der Waals surface area contributed by atoms with Crippen LogP contribution < -0.4 is 5.32 Å². The van der Waals surface area contributed by atoms with Crippen molar-refractivity contribution in [2.24, 2.45) is 0 Å². The molecule has 2 N–H and O–H groups in total. The van der Waals surface area contributed by atoms with Gasteiger partial charge in [-0.2, -0.15) is 0 Å². The van der Waals surface area contributed by atoms with Crippen molar-refractivity contribution in [2.45, 2.75) is 76.8 Å². The lowest BCUT2D eigenvalue weighted by Crippen LogP contribution is -2.48. The number of nitrogens with zero attached hydrogens (tertiary/aromatic N) is 4. The zero-order valence-corrected chi connectivity index (χ0v) is 23.8. The fraction of sp³-hybridized carbons (Fsp3) is 0.500. The average molecular weight is 548 g/mol. The smallest absolute Gasteiger partial charge is 0.317 e. The number of carbonyl (C=O) groups excluding carboxylic acids is 1. The van der Waals surface area contributed by atoms with Crippen molar-refractivity contribution in [2.75, 3.05) is 5.32 Å². The first-order chi connectivity index (χ1) is 17.4. The first-order valence-electron chi connectivity index (χ1n) is 12.2. The fourth-order valence-corrected chi connectivity index (χ4v) is 5.86. The molecule has 1 saturated heterocycles. The monoisotopic (exact) mass is 547 g/mol. The number of hydrogen-bond acceptors (Lipinski definition) is 8. The predicted molar refractivity (Wildman–Crippen MR) is 142 cm³/mol. The van der Waals surface area contributed by atoms with Crippen molar-refractivity contribution in [3.05, 3.63) is 48.5 Å². The highest BCUT2D eigenvalue weighted by atomic mass is 31.1. The number of amides is 1. The molecule has 1 aliphatic heterocycles. The standard InChI is InChI=1S/C24H34N5O6PSi/c1-7-16-18(34-36(31)32)19(35-37(5,6)24(2,3)4)23(33-16)29-14-27-17-20(25-13-26-21(17)29)28-22(30)15-11-9-8-10-12-15/h8-14,16,18-19,23,36H,7H2,1-6H3,(H,31,32)(H,25,26,28,30)/t16-,18-,19-,23-/m1/s1. The van der Waals surface area contributed by atoms with E-state index in [2.05, 4.69) is 54.1 Å². The summed E-state index contributed by atoms with van der Waals surface area (Å²) in [5.74, 6) is -0.0586. The van der Waals surface area contributed by atoms with Crippen LogP contribution in [0.25, 0.3) is 11.2 Å². The molecule has 5 atom stereocenters. The highest BCUT2D eigenvalue weighted by molar-refractivity contribution is 7.32. The van der Waals surface area contributed by atoms with Crippen molar-refractivity contribution >= 4 is 39.5 Å². The van der Waals surface area contributed by atoms with E-state index >= 15 is 0 Å². The van der Waals surface area contributed by atoms with Gasteiger partial charge in [-0.05, 0) is 36.7 Å². The van der Waals surface area contributed by atoms with E-state index in [1.807, 2.05) is 13.0 Å². The summed E-state index contributed by atoms with van der Waals surface area (Å²) in [5, 5.41) is 2.68. The van der Waals surface area contributed by atoms with Gasteiger partial charge in [-0.15, -0.1) is 0 Å². The van der Waals surface area contributed by atoms with Crippen LogP contribution in [0.4, 0.5) is 5.82 Å². The van der Waals surface area contributed by atoms with E-state index in [4.69, 9.17) is 13.7 Å². The van der Waals surface area contributed by atoms with E-state index in [9.17, 15) is 14.3 Å². The number of carbonyl (C=O) groups is 1. The lowest BCUT2D eigenvalue weighted by atomic mass is 10.1. The van der Waals surface area contributed by atoms with Crippen LogP contribution in [0.5, 0.6) is 0 Å². The summed E-state index contributed by atoms with van der Waals surface area (Å²) in [5.41, 5.74) is 1.30. The number of rotatable bonds is 8. The predicted octanol–water partition coefficient (Wildman–Crippen LogP) is 4.54. The molecule has 13 heteroatoms. The highest BCUT2D eigenvalue weighted by Gasteiger charge is 2.52. The minimum absolute atomic E-state index is 0.120. The molecular formula is C24H34N5O6PSi. The Balaban J connectivity index is 1.72. The molecule has 0 spiro atoms. The Morgan fingerprint density at radius 3 is 2.51 bits per heavy atom. The molecule has 0 radical (unpaired) electrons. The Morgan fingerprint density at radius 1 is 1.19 bits per heavy atom. The second-order valence-corrected chi connectivity index (χ2v) is 16.1. The van der Waals surface area contributed by atoms with Crippen LogP contribution in [0.3, 0.4) is 0 Å². The number of aromatic nitrogens is 4. The summed E-state index contributed by atoms with van der Waals surface area (Å²) >= 11 is 0. The third-order valence-electron chi connectivity index (χ3n) is 7.06. The Labute approximate surface area is 217 Å². The van der Waals surface area contributed by atoms with E-state index in [0.29, 0.717) is 23.1 Å². The molecule has 1 amide bonds. The zero-order chi connectivity index (χ0) is 27.0. The molecule has 3 aromatic rings. The Morgan fingerprint density at radius 2 is 1.89 bits per heavy atom. The van der Waals surface area contributed by atoms with Crippen LogP contribution >= 0.6 is 8.25 Å². The Bertz CT molecular complexity index is 1280. The first-order valence-corrected chi connectivity index (χ1v) is 16.4. The van der Waals surface area contributed by atoms with Gasteiger partial charge in [0.05, 0.1) is 12.4 Å². The van der Waals surface area contributed by atoms with Crippen LogP contribution in [0.15, 0.2) is 43.0 Å². The van der Waals surface area contributed by atoms with Gasteiger partial charge in [0.2, 0.25) is 0 Å². The third kappa shape index (κ3) is 5.69. The maximum atomic E-state index is 12.7. The zero-order valence-electron chi connectivity index (χ0n) is 21.8. The molecule has 2 aromatic heterocycles. The molecular weight excluding hydrogens is 513 g/mol. The van der Waals surface area contributed by atoms with Gasteiger partial charge in [-0.1, -0.05) is 45.9 Å². The van der Waals surface area contributed by atoms with E-state index in [-0.39, 0.29) is 16.8 Å². The van der Waals surface area contributed by atoms with Gasteiger partial charge >= 0.3 is 8.25 Å². The van der Waals surface area contributed by atoms with E-state index in [1.54, 1.807) is 35.2 Å². The Kier molecular flexibility index (Phi) is 7.98. The Hall–Kier alpha value is -2.47. The van der Waals surface area contributed by atoms with Crippen molar-refractivity contribution < 1.29 is 27.9 Å². The SMILES string of the molecule is CC[C@H]1O[C@@H](n2cnc3c(NC(=O)c4ccccc4)ncnc32)[C@H](O[Si](C)(C)C(C)(C)C)[C@@H]1O[PH](=O)O. The summed E-state index contributed by atoms with van der Waals surface area (Å²) in [4.78, 5) is 35.5. The molecule has 0 saturated carbocycles. The van der Waals surface area contributed by atoms with Crippen LogP contribution in [0.2, 0.25) is 18.1 Å². The van der Waals surface area contributed by atoms with Crippen molar-refractivity contribution in [3.8, 4) is 0 Å². The number of imidazole rings is 1. The minimum Gasteiger partial charge on any atom is -0.407 e. The van der Waals surface area contributed by atoms with Gasteiger partial charge in [0.25, 0.3) is 5.91 Å². The molecule has 4 rings (SSSR count). The summed E-state index contributed by atoms with van der Waals surface area (Å²) in [6.07, 6.45) is 0.825. The molecule has 11 nitrogen and oxygen atoms in total. The van der Waals surface area contributed by atoms with Gasteiger partial charge in [0.15, 0.2) is 31.5 Å². The lowest BCUT2D eigenvalue weighted by molar-refractivity contribution is -0.0324. The fourth-order valence-electron chi connectivity index (χ4n) is 4.06. The molecule has 1 unspecified atom stereocenters. The lowest BCUT2D eigenvalue weighted by Gasteiger charge is -2.40. The van der Waals surface area contributed by atoms with Crippen LogP contribution in [0.1, 0.15) is 50.7 Å². The maximum absolute atomic E-state index is 12.7. The molecule has 0 aliphatic carbocycles. The molecule has 200 valence electrons. The van der Waals surface area contributed by atoms with Crippen LogP contribution in [-0.4, -0.2) is 56.9 Å². The van der Waals surface area contributed by atoms with Gasteiger partial charge < -0.3 is 23.9 Å². The minimum atomic E-state index is -3.25. The number of hydrogen-bond donors (Lipinski definition) is 2. The van der Waals surface area contributed by atoms with Gasteiger partial charge in [0, 0.05) is 5.56 Å². The third-order valence-corrected chi connectivity index (χ3v) is 12.0. The van der Waals surface area contributed by atoms with Crippen LogP contribution in [0, 0.1) is 0 Å². The summed E-state index contributed by atoms with van der Waals surface area (Å²) in [6, 6.07) is 8.81. The van der Waals surface area contributed by atoms with Crippen molar-refractivity contribution in [1.29, 1.82) is 0 Å². The number of anilines is 1. The number of fused-ring (bicyclic) bond motifs is 1. The number of benzene rings is 1. The number of ether oxygens (including phenoxy) is 1. The normalized spacial score (nSPS) is 23.3. The van der Waals surface area contributed by atoms with Crippen molar-refractivity contribution in [1.82, 2.24) is 19.5 Å². The van der Waals surface area contributed by atoms with Gasteiger partial charge in [-0.25, -0.2) is 15.0 Å². The largest absolute Gasteiger partial charge is 0.407 e. The maximum Gasteiger partial charge on any atom is 0.317 e. The first kappa shape index (κ1) is 27.6. The number of nitrogens with one attached hydrogen (secondary N) is 1. The molecule has 37 heavy (non-hydrogen) atoms. The van der Waals surface area contributed by atoms with Crippen LogP contribution in [-0.2, 0) is 18.3 Å². The molecule has 1 fully saturated rings. The second-order valence-electron chi connectivity index (χ2n) is 10.5. The summed E-state index contributed by atoms with van der Waals surface area (Å²) < 4.78 is 32.1. The van der Waals surface area contributed by atoms with E-state index in [0.717, 1.165) is 0 Å². The molecule has 1 aromatic carbocycles. The van der Waals surface area contributed by atoms with E-state index < -0.39 is 41.1 Å². The van der Waals surface area contributed by atoms with Gasteiger partial charge in [-0.3, -0.25) is 13.9 Å². The van der Waals surface area contributed by atoms with Crippen molar-refractivity contribution in [3.63, 3.8) is 0 Å². The van der Waals surface area contributed by atoms with E-state index in [1.165, 1.54) is 6.33 Å².